The molecule has 2 N–H and O–H groups in total. The maximum Gasteiger partial charge on any atom is 0.341 e. The summed E-state index contributed by atoms with van der Waals surface area (Å²) in [5, 5.41) is 6.17. The minimum atomic E-state index is -0.410. The van der Waals surface area contributed by atoms with Crippen LogP contribution in [0.25, 0.3) is 0 Å². The molecule has 7 nitrogen and oxygen atoms in total. The number of thiophene rings is 1. The summed E-state index contributed by atoms with van der Waals surface area (Å²) >= 11 is 1.46. The number of nitrogens with zero attached hydrogens (tertiary/aromatic N) is 1. The molecule has 2 amide bonds. The number of fused-ring (bicyclic) bond motifs is 1. The first-order chi connectivity index (χ1) is 12.5. The van der Waals surface area contributed by atoms with Crippen LogP contribution in [0.1, 0.15) is 47.0 Å². The molecule has 0 unspecified atom stereocenters. The van der Waals surface area contributed by atoms with Gasteiger partial charge in [0.15, 0.2) is 0 Å². The number of amides is 2. The van der Waals surface area contributed by atoms with Gasteiger partial charge in [-0.05, 0) is 44.7 Å². The van der Waals surface area contributed by atoms with Gasteiger partial charge in [0.1, 0.15) is 5.00 Å². The first kappa shape index (κ1) is 20.4. The zero-order valence-electron chi connectivity index (χ0n) is 15.6. The molecule has 0 spiro atoms. The summed E-state index contributed by atoms with van der Waals surface area (Å²) in [6, 6.07) is 0. The third kappa shape index (κ3) is 5.28. The van der Waals surface area contributed by atoms with Crippen molar-refractivity contribution in [3.05, 3.63) is 16.0 Å². The second kappa shape index (κ2) is 9.68. The minimum absolute atomic E-state index is 0.0721. The Balaban J connectivity index is 2.01. The van der Waals surface area contributed by atoms with Crippen LogP contribution < -0.4 is 10.6 Å². The highest BCUT2D eigenvalue weighted by Crippen LogP contribution is 2.38. The van der Waals surface area contributed by atoms with Gasteiger partial charge in [-0.15, -0.1) is 11.3 Å². The van der Waals surface area contributed by atoms with Gasteiger partial charge in [0, 0.05) is 11.4 Å². The van der Waals surface area contributed by atoms with E-state index in [2.05, 4.69) is 10.6 Å². The number of carbonyl (C=O) groups excluding carboxylic acids is 3. The molecular formula is C18H27N3O4S. The van der Waals surface area contributed by atoms with E-state index in [-0.39, 0.29) is 24.9 Å². The van der Waals surface area contributed by atoms with Gasteiger partial charge in [-0.2, -0.15) is 0 Å². The van der Waals surface area contributed by atoms with Crippen molar-refractivity contribution in [1.82, 2.24) is 10.2 Å². The SMILES string of the molecule is CCCNC(=O)CN(C)CC(=O)Nc1sc2c(c1C(=O)OC)CCCC2. The van der Waals surface area contributed by atoms with Crippen molar-refractivity contribution in [3.8, 4) is 0 Å². The summed E-state index contributed by atoms with van der Waals surface area (Å²) in [5.41, 5.74) is 1.50. The van der Waals surface area contributed by atoms with Gasteiger partial charge in [-0.1, -0.05) is 6.92 Å². The number of hydrogen-bond donors (Lipinski definition) is 2. The van der Waals surface area contributed by atoms with Crippen molar-refractivity contribution in [2.24, 2.45) is 0 Å². The van der Waals surface area contributed by atoms with E-state index in [4.69, 9.17) is 4.74 Å². The molecule has 1 aromatic rings. The number of methoxy groups -OCH3 is 1. The van der Waals surface area contributed by atoms with Gasteiger partial charge in [-0.25, -0.2) is 4.79 Å². The van der Waals surface area contributed by atoms with E-state index in [1.807, 2.05) is 6.92 Å². The predicted molar refractivity (Wildman–Crippen MR) is 102 cm³/mol. The summed E-state index contributed by atoms with van der Waals surface area (Å²) in [5.74, 6) is -0.768. The molecule has 0 aliphatic heterocycles. The molecule has 1 heterocycles. The molecule has 26 heavy (non-hydrogen) atoms. The van der Waals surface area contributed by atoms with Gasteiger partial charge < -0.3 is 15.4 Å². The molecule has 1 aliphatic rings. The lowest BCUT2D eigenvalue weighted by Gasteiger charge is -2.16. The lowest BCUT2D eigenvalue weighted by atomic mass is 9.95. The van der Waals surface area contributed by atoms with Crippen LogP contribution in [0.3, 0.4) is 0 Å². The van der Waals surface area contributed by atoms with Crippen molar-refractivity contribution >= 4 is 34.1 Å². The van der Waals surface area contributed by atoms with E-state index < -0.39 is 5.97 Å². The number of anilines is 1. The van der Waals surface area contributed by atoms with Gasteiger partial charge in [-0.3, -0.25) is 14.5 Å². The summed E-state index contributed by atoms with van der Waals surface area (Å²) < 4.78 is 4.91. The number of rotatable bonds is 8. The molecule has 0 radical (unpaired) electrons. The van der Waals surface area contributed by atoms with Crippen molar-refractivity contribution in [2.75, 3.05) is 39.1 Å². The summed E-state index contributed by atoms with van der Waals surface area (Å²) in [6.07, 6.45) is 4.77. The first-order valence-electron chi connectivity index (χ1n) is 8.94. The maximum absolute atomic E-state index is 12.4. The highest BCUT2D eigenvalue weighted by atomic mass is 32.1. The number of likely N-dealkylation sites (N-methyl/N-ethyl adjacent to an activating group) is 1. The monoisotopic (exact) mass is 381 g/mol. The van der Waals surface area contributed by atoms with E-state index in [1.54, 1.807) is 11.9 Å². The van der Waals surface area contributed by atoms with Crippen LogP contribution in [0.5, 0.6) is 0 Å². The van der Waals surface area contributed by atoms with Gasteiger partial charge in [0.05, 0.1) is 25.8 Å². The number of esters is 1. The smallest absolute Gasteiger partial charge is 0.341 e. The fourth-order valence-electron chi connectivity index (χ4n) is 3.00. The van der Waals surface area contributed by atoms with Crippen molar-refractivity contribution < 1.29 is 19.1 Å². The average Bonchev–Trinajstić information content (AvgIpc) is 2.96. The number of ether oxygens (including phenoxy) is 1. The molecule has 144 valence electrons. The molecule has 1 aromatic heterocycles. The third-order valence-corrected chi connectivity index (χ3v) is 5.42. The standard InChI is InChI=1S/C18H27N3O4S/c1-4-9-19-14(22)10-21(2)11-15(23)20-17-16(18(24)25-3)12-7-5-6-8-13(12)26-17/h4-11H2,1-3H3,(H,19,22)(H,20,23). The van der Waals surface area contributed by atoms with E-state index in [1.165, 1.54) is 18.4 Å². The molecule has 0 atom stereocenters. The molecule has 8 heteroatoms. The summed E-state index contributed by atoms with van der Waals surface area (Å²) in [4.78, 5) is 39.1. The molecule has 0 saturated carbocycles. The van der Waals surface area contributed by atoms with Crippen molar-refractivity contribution in [3.63, 3.8) is 0 Å². The zero-order valence-corrected chi connectivity index (χ0v) is 16.5. The van der Waals surface area contributed by atoms with Crippen LogP contribution in [0.4, 0.5) is 5.00 Å². The second-order valence-electron chi connectivity index (χ2n) is 6.48. The number of aryl methyl sites for hydroxylation is 1. The van der Waals surface area contributed by atoms with Crippen LogP contribution in [0.2, 0.25) is 0 Å². The number of nitrogens with one attached hydrogen (secondary N) is 2. The van der Waals surface area contributed by atoms with Crippen molar-refractivity contribution in [1.29, 1.82) is 0 Å². The average molecular weight is 381 g/mol. The highest BCUT2D eigenvalue weighted by Gasteiger charge is 2.27. The summed E-state index contributed by atoms with van der Waals surface area (Å²) in [7, 11) is 3.06. The van der Waals surface area contributed by atoms with Gasteiger partial charge in [0.25, 0.3) is 0 Å². The Labute approximate surface area is 158 Å². The maximum atomic E-state index is 12.4. The molecule has 0 bridgehead atoms. The molecule has 0 fully saturated rings. The normalized spacial score (nSPS) is 13.2. The van der Waals surface area contributed by atoms with E-state index in [0.717, 1.165) is 42.5 Å². The predicted octanol–water partition coefficient (Wildman–Crippen LogP) is 1.81. The van der Waals surface area contributed by atoms with E-state index in [0.29, 0.717) is 17.1 Å². The Morgan fingerprint density at radius 3 is 2.54 bits per heavy atom. The fourth-order valence-corrected chi connectivity index (χ4v) is 4.30. The zero-order chi connectivity index (χ0) is 19.1. The molecular weight excluding hydrogens is 354 g/mol. The van der Waals surface area contributed by atoms with Gasteiger partial charge >= 0.3 is 5.97 Å². The van der Waals surface area contributed by atoms with E-state index >= 15 is 0 Å². The molecule has 1 aliphatic carbocycles. The van der Waals surface area contributed by atoms with Crippen LogP contribution >= 0.6 is 11.3 Å². The Morgan fingerprint density at radius 2 is 1.85 bits per heavy atom. The second-order valence-corrected chi connectivity index (χ2v) is 7.58. The Hall–Kier alpha value is -1.93. The largest absolute Gasteiger partial charge is 0.465 e. The fraction of sp³-hybridized carbons (Fsp3) is 0.611. The molecule has 2 rings (SSSR count). The number of carbonyl (C=O) groups is 3. The van der Waals surface area contributed by atoms with Crippen molar-refractivity contribution in [2.45, 2.75) is 39.0 Å². The first-order valence-corrected chi connectivity index (χ1v) is 9.75. The third-order valence-electron chi connectivity index (χ3n) is 4.21. The van der Waals surface area contributed by atoms with Crippen LogP contribution in [0.15, 0.2) is 0 Å². The van der Waals surface area contributed by atoms with E-state index in [9.17, 15) is 14.4 Å². The van der Waals surface area contributed by atoms with Crippen LogP contribution in [-0.4, -0.2) is 56.5 Å². The molecule has 0 aromatic carbocycles. The Morgan fingerprint density at radius 1 is 1.15 bits per heavy atom. The lowest BCUT2D eigenvalue weighted by molar-refractivity contribution is -0.122. The highest BCUT2D eigenvalue weighted by molar-refractivity contribution is 7.17. The Kier molecular flexibility index (Phi) is 7.59. The molecule has 0 saturated heterocycles. The van der Waals surface area contributed by atoms with Gasteiger partial charge in [0.2, 0.25) is 11.8 Å². The van der Waals surface area contributed by atoms with Crippen LogP contribution in [0, 0.1) is 0 Å². The quantitative estimate of drug-likeness (QED) is 0.671. The summed E-state index contributed by atoms with van der Waals surface area (Å²) in [6.45, 7) is 2.83. The minimum Gasteiger partial charge on any atom is -0.465 e. The number of hydrogen-bond acceptors (Lipinski definition) is 6. The topological polar surface area (TPSA) is 87.7 Å². The Bertz CT molecular complexity index is 672. The lowest BCUT2D eigenvalue weighted by Crippen LogP contribution is -2.39. The van der Waals surface area contributed by atoms with Crippen LogP contribution in [-0.2, 0) is 27.2 Å².